The van der Waals surface area contributed by atoms with E-state index >= 15 is 0 Å². The number of hydrogen-bond donors (Lipinski definition) is 0. The van der Waals surface area contributed by atoms with E-state index < -0.39 is 5.41 Å². The van der Waals surface area contributed by atoms with Crippen LogP contribution in [0.1, 0.15) is 22.3 Å². The van der Waals surface area contributed by atoms with E-state index in [-0.39, 0.29) is 0 Å². The molecule has 12 rings (SSSR count). The predicted molar refractivity (Wildman–Crippen MR) is 236 cm³/mol. The van der Waals surface area contributed by atoms with Crippen molar-refractivity contribution in [2.75, 3.05) is 4.90 Å². The third-order valence-electron chi connectivity index (χ3n) is 12.3. The van der Waals surface area contributed by atoms with E-state index in [0.717, 1.165) is 44.7 Å². The van der Waals surface area contributed by atoms with Crippen LogP contribution in [0.5, 0.6) is 0 Å². The second kappa shape index (κ2) is 12.3. The summed E-state index contributed by atoms with van der Waals surface area (Å²) in [7, 11) is 0. The van der Waals surface area contributed by atoms with E-state index in [1.165, 1.54) is 61.0 Å². The van der Waals surface area contributed by atoms with Crippen LogP contribution < -0.4 is 4.90 Å². The zero-order valence-corrected chi connectivity index (χ0v) is 31.1. The Morgan fingerprint density at radius 1 is 0.333 bits per heavy atom. The molecule has 0 saturated heterocycles. The van der Waals surface area contributed by atoms with Crippen LogP contribution in [-0.2, 0) is 5.41 Å². The van der Waals surface area contributed by atoms with Gasteiger partial charge >= 0.3 is 0 Å². The van der Waals surface area contributed by atoms with Crippen molar-refractivity contribution in [3.05, 3.63) is 235 Å². The van der Waals surface area contributed by atoms with Crippen molar-refractivity contribution < 1.29 is 4.42 Å². The molecule has 0 radical (unpaired) electrons. The topological polar surface area (TPSA) is 16.4 Å². The van der Waals surface area contributed by atoms with E-state index in [1.807, 2.05) is 0 Å². The molecular formula is C55H35NO. The molecule has 0 N–H and O–H groups in total. The molecule has 10 aromatic rings. The maximum atomic E-state index is 6.92. The van der Waals surface area contributed by atoms with Crippen molar-refractivity contribution in [3.8, 4) is 44.5 Å². The maximum Gasteiger partial charge on any atom is 0.143 e. The molecule has 57 heavy (non-hydrogen) atoms. The summed E-state index contributed by atoms with van der Waals surface area (Å²) in [5.41, 5.74) is 19.9. The minimum Gasteiger partial charge on any atom is -0.455 e. The SMILES string of the molecule is c1ccc(-c2ccc(N(c3ccccc3)c3ccc(-c4cccc5c4oc4ccc6c(c45)-c4ccccc4C64c5ccccc5-c5ccccc54)cc3)cc2)cc1. The largest absolute Gasteiger partial charge is 0.455 e. The lowest BCUT2D eigenvalue weighted by atomic mass is 9.70. The van der Waals surface area contributed by atoms with Crippen LogP contribution >= 0.6 is 0 Å². The highest BCUT2D eigenvalue weighted by Gasteiger charge is 2.52. The van der Waals surface area contributed by atoms with Crippen LogP contribution in [0.2, 0.25) is 0 Å². The first-order chi connectivity index (χ1) is 28.3. The first-order valence-corrected chi connectivity index (χ1v) is 19.7. The highest BCUT2D eigenvalue weighted by atomic mass is 16.3. The number of hydrogen-bond acceptors (Lipinski definition) is 2. The number of benzene rings is 9. The summed E-state index contributed by atoms with van der Waals surface area (Å²) in [4.78, 5) is 2.32. The lowest BCUT2D eigenvalue weighted by molar-refractivity contribution is 0.669. The third kappa shape index (κ3) is 4.53. The Bertz CT molecular complexity index is 3110. The molecule has 0 aliphatic heterocycles. The van der Waals surface area contributed by atoms with Crippen LogP contribution in [0.4, 0.5) is 17.1 Å². The molecule has 0 fully saturated rings. The Hall–Kier alpha value is -7.42. The van der Waals surface area contributed by atoms with Gasteiger partial charge in [0.25, 0.3) is 0 Å². The summed E-state index contributed by atoms with van der Waals surface area (Å²) < 4.78 is 6.92. The Morgan fingerprint density at radius 2 is 0.825 bits per heavy atom. The fourth-order valence-corrected chi connectivity index (χ4v) is 9.95. The normalized spacial score (nSPS) is 13.1. The van der Waals surface area contributed by atoms with Crippen molar-refractivity contribution in [3.63, 3.8) is 0 Å². The van der Waals surface area contributed by atoms with Gasteiger partial charge in [-0.15, -0.1) is 0 Å². The molecule has 9 aromatic carbocycles. The van der Waals surface area contributed by atoms with E-state index in [1.54, 1.807) is 0 Å². The minimum atomic E-state index is -0.392. The second-order valence-electron chi connectivity index (χ2n) is 15.2. The minimum absolute atomic E-state index is 0.392. The summed E-state index contributed by atoms with van der Waals surface area (Å²) in [5.74, 6) is 0. The van der Waals surface area contributed by atoms with Gasteiger partial charge in [-0.3, -0.25) is 0 Å². The van der Waals surface area contributed by atoms with Gasteiger partial charge in [-0.05, 0) is 104 Å². The van der Waals surface area contributed by atoms with Gasteiger partial charge in [0.15, 0.2) is 0 Å². The van der Waals surface area contributed by atoms with Crippen LogP contribution in [0.3, 0.4) is 0 Å². The first-order valence-electron chi connectivity index (χ1n) is 19.7. The lowest BCUT2D eigenvalue weighted by Gasteiger charge is -2.30. The van der Waals surface area contributed by atoms with E-state index in [4.69, 9.17) is 4.42 Å². The average Bonchev–Trinajstić information content (AvgIpc) is 3.92. The van der Waals surface area contributed by atoms with E-state index in [9.17, 15) is 0 Å². The number of anilines is 3. The Labute approximate surface area is 331 Å². The van der Waals surface area contributed by atoms with Gasteiger partial charge in [0, 0.05) is 33.4 Å². The van der Waals surface area contributed by atoms with E-state index in [2.05, 4.69) is 217 Å². The standard InChI is InChI=1S/C55H35NO/c1-3-14-36(15-4-1)37-26-30-40(31-27-37)56(39-16-5-2-6-17-39)41-32-28-38(29-33-41)42-21-13-22-46-53-51(57-54(42)46)35-34-50-52(53)45-20-9-12-25-49(45)55(50)47-23-10-7-18-43(47)44-19-8-11-24-48(44)55/h1-35H. The molecule has 2 aliphatic rings. The fourth-order valence-electron chi connectivity index (χ4n) is 9.95. The highest BCUT2D eigenvalue weighted by Crippen LogP contribution is 2.64. The quantitative estimate of drug-likeness (QED) is 0.176. The molecule has 0 bridgehead atoms. The number of rotatable bonds is 5. The summed E-state index contributed by atoms with van der Waals surface area (Å²) in [5, 5.41) is 2.32. The number of furan rings is 1. The summed E-state index contributed by atoms with van der Waals surface area (Å²) in [6.07, 6.45) is 0. The molecule has 0 amide bonds. The Kier molecular flexibility index (Phi) is 6.88. The zero-order valence-electron chi connectivity index (χ0n) is 31.1. The van der Waals surface area contributed by atoms with Gasteiger partial charge in [-0.25, -0.2) is 0 Å². The Balaban J connectivity index is 0.998. The number of nitrogens with zero attached hydrogens (tertiary/aromatic N) is 1. The summed E-state index contributed by atoms with van der Waals surface area (Å²) in [6.45, 7) is 0. The molecule has 1 spiro atoms. The highest BCUT2D eigenvalue weighted by molar-refractivity contribution is 6.18. The third-order valence-corrected chi connectivity index (χ3v) is 12.3. The predicted octanol–water partition coefficient (Wildman–Crippen LogP) is 14.7. The second-order valence-corrected chi connectivity index (χ2v) is 15.2. The smallest absolute Gasteiger partial charge is 0.143 e. The molecule has 2 nitrogen and oxygen atoms in total. The molecule has 1 aromatic heterocycles. The number of fused-ring (bicyclic) bond motifs is 14. The fraction of sp³-hybridized carbons (Fsp3) is 0.0182. The maximum absolute atomic E-state index is 6.92. The molecule has 0 atom stereocenters. The van der Waals surface area contributed by atoms with Gasteiger partial charge < -0.3 is 9.32 Å². The molecule has 2 aliphatic carbocycles. The van der Waals surface area contributed by atoms with Crippen LogP contribution in [0, 0.1) is 0 Å². The van der Waals surface area contributed by atoms with Crippen molar-refractivity contribution >= 4 is 39.0 Å². The van der Waals surface area contributed by atoms with Gasteiger partial charge in [0.2, 0.25) is 0 Å². The van der Waals surface area contributed by atoms with Crippen LogP contribution in [0.25, 0.3) is 66.4 Å². The van der Waals surface area contributed by atoms with Gasteiger partial charge in [-0.2, -0.15) is 0 Å². The summed E-state index contributed by atoms with van der Waals surface area (Å²) in [6, 6.07) is 77.0. The monoisotopic (exact) mass is 725 g/mol. The van der Waals surface area contributed by atoms with Gasteiger partial charge in [0.05, 0.1) is 5.41 Å². The van der Waals surface area contributed by atoms with Crippen molar-refractivity contribution in [2.45, 2.75) is 5.41 Å². The zero-order chi connectivity index (χ0) is 37.5. The molecule has 0 unspecified atom stereocenters. The van der Waals surface area contributed by atoms with Crippen LogP contribution in [0.15, 0.2) is 217 Å². The molecule has 1 heterocycles. The Morgan fingerprint density at radius 3 is 1.47 bits per heavy atom. The molecular weight excluding hydrogens is 691 g/mol. The van der Waals surface area contributed by atoms with Crippen molar-refractivity contribution in [2.24, 2.45) is 0 Å². The molecule has 0 saturated carbocycles. The van der Waals surface area contributed by atoms with E-state index in [0.29, 0.717) is 0 Å². The average molecular weight is 726 g/mol. The molecule has 2 heteroatoms. The van der Waals surface area contributed by atoms with Crippen molar-refractivity contribution in [1.82, 2.24) is 0 Å². The summed E-state index contributed by atoms with van der Waals surface area (Å²) >= 11 is 0. The first kappa shape index (κ1) is 31.9. The molecule has 266 valence electrons. The lowest BCUT2D eigenvalue weighted by Crippen LogP contribution is -2.25. The van der Waals surface area contributed by atoms with Gasteiger partial charge in [0.1, 0.15) is 11.2 Å². The van der Waals surface area contributed by atoms with Gasteiger partial charge in [-0.1, -0.05) is 170 Å². The number of para-hydroxylation sites is 2. The van der Waals surface area contributed by atoms with Crippen LogP contribution in [-0.4, -0.2) is 0 Å². The van der Waals surface area contributed by atoms with Crippen molar-refractivity contribution in [1.29, 1.82) is 0 Å².